The third kappa shape index (κ3) is 4.89. The molecule has 2 fully saturated rings. The molecule has 0 amide bonds. The predicted octanol–water partition coefficient (Wildman–Crippen LogP) is 6.32. The van der Waals surface area contributed by atoms with Gasteiger partial charge >= 0.3 is 0 Å². The number of benzene rings is 1. The second-order valence-electron chi connectivity index (χ2n) is 7.57. The molecule has 2 saturated carbocycles. The smallest absolute Gasteiger partial charge is 0.146 e. The summed E-state index contributed by atoms with van der Waals surface area (Å²) in [6.45, 7) is 0. The van der Waals surface area contributed by atoms with Gasteiger partial charge in [-0.25, -0.2) is 0 Å². The molecule has 24 heavy (non-hydrogen) atoms. The van der Waals surface area contributed by atoms with E-state index in [0.29, 0.717) is 16.8 Å². The third-order valence-electron chi connectivity index (χ3n) is 5.92. The summed E-state index contributed by atoms with van der Waals surface area (Å²) in [5.74, 6) is 3.20. The summed E-state index contributed by atoms with van der Waals surface area (Å²) in [5.41, 5.74) is 0.881. The first-order chi connectivity index (χ1) is 11.7. The van der Waals surface area contributed by atoms with Crippen molar-refractivity contribution in [2.24, 2.45) is 22.9 Å². The van der Waals surface area contributed by atoms with E-state index in [9.17, 15) is 5.21 Å². The summed E-state index contributed by atoms with van der Waals surface area (Å²) in [5, 5.41) is 16.7. The molecule has 0 spiro atoms. The maximum atomic E-state index is 9.34. The van der Waals surface area contributed by atoms with Crippen molar-refractivity contribution in [3.63, 3.8) is 0 Å². The summed E-state index contributed by atoms with van der Waals surface area (Å²) in [4.78, 5) is 0. The average Bonchev–Trinajstić information content (AvgIpc) is 2.62. The van der Waals surface area contributed by atoms with Crippen molar-refractivity contribution in [2.45, 2.75) is 64.2 Å². The zero-order valence-corrected chi connectivity index (χ0v) is 15.1. The molecule has 0 atom stereocenters. The quantitative estimate of drug-likeness (QED) is 0.289. The van der Waals surface area contributed by atoms with Crippen LogP contribution in [0.1, 0.15) is 64.2 Å². The first-order valence-corrected chi connectivity index (χ1v) is 9.86. The molecule has 132 valence electrons. The number of nitrogens with one attached hydrogen (secondary N) is 1. The highest BCUT2D eigenvalue weighted by atomic mass is 35.5. The second kappa shape index (κ2) is 8.75. The molecule has 3 rings (SSSR count). The van der Waals surface area contributed by atoms with Crippen molar-refractivity contribution >= 4 is 23.1 Å². The van der Waals surface area contributed by atoms with Gasteiger partial charge in [0.05, 0.1) is 0 Å². The fourth-order valence-corrected chi connectivity index (χ4v) is 4.78. The van der Waals surface area contributed by atoms with E-state index in [4.69, 9.17) is 11.6 Å². The Morgan fingerprint density at radius 3 is 2.42 bits per heavy atom. The summed E-state index contributed by atoms with van der Waals surface area (Å²) < 4.78 is 0. The first kappa shape index (κ1) is 17.6. The van der Waals surface area contributed by atoms with Crippen LogP contribution >= 0.6 is 11.6 Å². The SMILES string of the molecule is O/N=C(/C[C@H]1CC[C@@H](C2CCCCC2)CC1)Nc1cccc(Cl)c1. The van der Waals surface area contributed by atoms with Crippen molar-refractivity contribution in [1.82, 2.24) is 0 Å². The molecule has 0 radical (unpaired) electrons. The molecule has 0 bridgehead atoms. The van der Waals surface area contributed by atoms with Crippen LogP contribution in [0, 0.1) is 17.8 Å². The fourth-order valence-electron chi connectivity index (χ4n) is 4.59. The lowest BCUT2D eigenvalue weighted by Crippen LogP contribution is -2.26. The highest BCUT2D eigenvalue weighted by Gasteiger charge is 2.29. The van der Waals surface area contributed by atoms with Gasteiger partial charge in [-0.1, -0.05) is 54.9 Å². The monoisotopic (exact) mass is 348 g/mol. The van der Waals surface area contributed by atoms with Gasteiger partial charge in [-0.05, 0) is 61.6 Å². The molecule has 0 aliphatic heterocycles. The van der Waals surface area contributed by atoms with Gasteiger partial charge in [0.15, 0.2) is 0 Å². The van der Waals surface area contributed by atoms with Crippen LogP contribution in [0.5, 0.6) is 0 Å². The molecule has 0 heterocycles. The summed E-state index contributed by atoms with van der Waals surface area (Å²) in [7, 11) is 0. The summed E-state index contributed by atoms with van der Waals surface area (Å²) >= 11 is 6.01. The van der Waals surface area contributed by atoms with Crippen LogP contribution in [0.4, 0.5) is 5.69 Å². The maximum Gasteiger partial charge on any atom is 0.146 e. The predicted molar refractivity (Wildman–Crippen MR) is 101 cm³/mol. The average molecular weight is 349 g/mol. The van der Waals surface area contributed by atoms with Gasteiger partial charge in [-0.3, -0.25) is 0 Å². The van der Waals surface area contributed by atoms with Crippen molar-refractivity contribution in [3.05, 3.63) is 29.3 Å². The number of rotatable bonds is 4. The number of oxime groups is 1. The number of halogens is 1. The number of hydrogen-bond donors (Lipinski definition) is 2. The van der Waals surface area contributed by atoms with Gasteiger partial charge in [0.2, 0.25) is 0 Å². The molecule has 0 unspecified atom stereocenters. The van der Waals surface area contributed by atoms with Crippen molar-refractivity contribution in [2.75, 3.05) is 5.32 Å². The Morgan fingerprint density at radius 1 is 1.04 bits per heavy atom. The molecule has 4 heteroatoms. The molecule has 2 aliphatic rings. The Hall–Kier alpha value is -1.22. The number of anilines is 1. The van der Waals surface area contributed by atoms with Crippen LogP contribution in [-0.4, -0.2) is 11.0 Å². The summed E-state index contributed by atoms with van der Waals surface area (Å²) in [6, 6.07) is 7.54. The Balaban J connectivity index is 1.47. The molecule has 1 aromatic rings. The van der Waals surface area contributed by atoms with Gasteiger partial charge in [-0.15, -0.1) is 0 Å². The Morgan fingerprint density at radius 2 is 1.75 bits per heavy atom. The van der Waals surface area contributed by atoms with Crippen LogP contribution in [0.2, 0.25) is 5.02 Å². The maximum absolute atomic E-state index is 9.34. The van der Waals surface area contributed by atoms with Gasteiger partial charge in [0.25, 0.3) is 0 Å². The van der Waals surface area contributed by atoms with Gasteiger partial charge in [0.1, 0.15) is 5.84 Å². The lowest BCUT2D eigenvalue weighted by Gasteiger charge is -2.36. The molecule has 2 aliphatic carbocycles. The zero-order valence-electron chi connectivity index (χ0n) is 14.4. The van der Waals surface area contributed by atoms with Crippen LogP contribution < -0.4 is 5.32 Å². The summed E-state index contributed by atoms with van der Waals surface area (Å²) in [6.07, 6.45) is 13.3. The van der Waals surface area contributed by atoms with E-state index in [1.807, 2.05) is 24.3 Å². The Kier molecular flexibility index (Phi) is 6.42. The van der Waals surface area contributed by atoms with Crippen molar-refractivity contribution < 1.29 is 5.21 Å². The second-order valence-corrected chi connectivity index (χ2v) is 8.00. The van der Waals surface area contributed by atoms with E-state index in [1.165, 1.54) is 57.8 Å². The van der Waals surface area contributed by atoms with E-state index < -0.39 is 0 Å². The number of nitrogens with zero attached hydrogens (tertiary/aromatic N) is 1. The van der Waals surface area contributed by atoms with E-state index >= 15 is 0 Å². The highest BCUT2D eigenvalue weighted by molar-refractivity contribution is 6.30. The first-order valence-electron chi connectivity index (χ1n) is 9.48. The number of amidine groups is 1. The Bertz CT molecular complexity index is 546. The molecule has 2 N–H and O–H groups in total. The molecule has 0 saturated heterocycles. The highest BCUT2D eigenvalue weighted by Crippen LogP contribution is 2.40. The van der Waals surface area contributed by atoms with Crippen LogP contribution in [-0.2, 0) is 0 Å². The molecule has 3 nitrogen and oxygen atoms in total. The minimum atomic E-state index is 0.627. The lowest BCUT2D eigenvalue weighted by molar-refractivity contribution is 0.169. The van der Waals surface area contributed by atoms with Crippen molar-refractivity contribution in [3.8, 4) is 0 Å². The number of hydrogen-bond acceptors (Lipinski definition) is 2. The topological polar surface area (TPSA) is 44.6 Å². The van der Waals surface area contributed by atoms with Crippen LogP contribution in [0.15, 0.2) is 29.4 Å². The minimum Gasteiger partial charge on any atom is -0.409 e. The van der Waals surface area contributed by atoms with E-state index in [2.05, 4.69) is 10.5 Å². The van der Waals surface area contributed by atoms with Gasteiger partial charge < -0.3 is 10.5 Å². The molecule has 1 aromatic carbocycles. The fraction of sp³-hybridized carbons (Fsp3) is 0.650. The van der Waals surface area contributed by atoms with E-state index in [1.54, 1.807) is 0 Å². The van der Waals surface area contributed by atoms with Gasteiger partial charge in [0, 0.05) is 17.1 Å². The lowest BCUT2D eigenvalue weighted by atomic mass is 9.70. The zero-order chi connectivity index (χ0) is 16.8. The molecule has 0 aromatic heterocycles. The van der Waals surface area contributed by atoms with E-state index in [0.717, 1.165) is 23.9 Å². The normalized spacial score (nSPS) is 26.3. The minimum absolute atomic E-state index is 0.627. The standard InChI is InChI=1S/C20H29ClN2O/c21-18-7-4-8-19(14-18)22-20(23-24)13-15-9-11-17(12-10-15)16-5-2-1-3-6-16/h4,7-8,14-17,24H,1-3,5-6,9-13H2,(H,22,23)/t15-,17+. The van der Waals surface area contributed by atoms with Gasteiger partial charge in [-0.2, -0.15) is 0 Å². The van der Waals surface area contributed by atoms with Crippen LogP contribution in [0.3, 0.4) is 0 Å². The van der Waals surface area contributed by atoms with E-state index in [-0.39, 0.29) is 0 Å². The molecular weight excluding hydrogens is 320 g/mol. The Labute approximate surface area is 150 Å². The third-order valence-corrected chi connectivity index (χ3v) is 6.16. The molecular formula is C20H29ClN2O. The van der Waals surface area contributed by atoms with Crippen molar-refractivity contribution in [1.29, 1.82) is 0 Å². The largest absolute Gasteiger partial charge is 0.409 e. The van der Waals surface area contributed by atoms with Crippen LogP contribution in [0.25, 0.3) is 0 Å².